The van der Waals surface area contributed by atoms with Crippen molar-refractivity contribution in [2.24, 2.45) is 5.92 Å². The van der Waals surface area contributed by atoms with Gasteiger partial charge in [-0.05, 0) is 42.8 Å². The summed E-state index contributed by atoms with van der Waals surface area (Å²) in [5, 5.41) is 2.77. The molecular formula is C22H23F3N2O4. The molecule has 1 aliphatic heterocycles. The van der Waals surface area contributed by atoms with Crippen molar-refractivity contribution in [2.45, 2.75) is 19.5 Å². The van der Waals surface area contributed by atoms with Crippen LogP contribution in [0.4, 0.5) is 24.5 Å². The number of methoxy groups -OCH3 is 1. The van der Waals surface area contributed by atoms with Gasteiger partial charge < -0.3 is 19.7 Å². The van der Waals surface area contributed by atoms with E-state index in [2.05, 4.69) is 5.32 Å². The van der Waals surface area contributed by atoms with E-state index < -0.39 is 29.5 Å². The first-order valence-electron chi connectivity index (χ1n) is 9.70. The predicted octanol–water partition coefficient (Wildman–Crippen LogP) is 4.03. The molecule has 1 N–H and O–H groups in total. The van der Waals surface area contributed by atoms with Crippen LogP contribution in [-0.2, 0) is 20.5 Å². The van der Waals surface area contributed by atoms with E-state index in [1.54, 1.807) is 19.2 Å². The van der Waals surface area contributed by atoms with Gasteiger partial charge in [-0.15, -0.1) is 0 Å². The molecule has 166 valence electrons. The second-order valence-electron chi connectivity index (χ2n) is 7.28. The van der Waals surface area contributed by atoms with Crippen LogP contribution in [0.5, 0.6) is 5.75 Å². The molecule has 1 aliphatic rings. The van der Waals surface area contributed by atoms with Crippen LogP contribution in [0.1, 0.15) is 17.5 Å². The summed E-state index contributed by atoms with van der Waals surface area (Å²) in [4.78, 5) is 26.4. The summed E-state index contributed by atoms with van der Waals surface area (Å²) in [5.41, 5.74) is 0.672. The molecule has 1 heterocycles. The highest BCUT2D eigenvalue weighted by molar-refractivity contribution is 6.04. The zero-order valence-corrected chi connectivity index (χ0v) is 17.2. The Morgan fingerprint density at radius 3 is 2.68 bits per heavy atom. The summed E-state index contributed by atoms with van der Waals surface area (Å²) in [6.07, 6.45) is -4.60. The van der Waals surface area contributed by atoms with E-state index in [1.807, 2.05) is 13.0 Å². The number of ether oxygens (including phenoxy) is 2. The molecule has 9 heteroatoms. The maximum absolute atomic E-state index is 13.0. The normalized spacial score (nSPS) is 16.5. The van der Waals surface area contributed by atoms with Crippen molar-refractivity contribution < 1.29 is 32.2 Å². The van der Waals surface area contributed by atoms with Crippen molar-refractivity contribution in [2.75, 3.05) is 37.1 Å². The first-order valence-corrected chi connectivity index (χ1v) is 9.70. The Balaban J connectivity index is 1.71. The summed E-state index contributed by atoms with van der Waals surface area (Å²) < 4.78 is 49.6. The minimum Gasteiger partial charge on any atom is -0.489 e. The Bertz CT molecular complexity index is 962. The Morgan fingerprint density at radius 1 is 1.19 bits per heavy atom. The molecule has 0 aliphatic carbocycles. The fraction of sp³-hybridized carbons (Fsp3) is 0.364. The zero-order valence-electron chi connectivity index (χ0n) is 17.2. The lowest BCUT2D eigenvalue weighted by Crippen LogP contribution is -2.28. The number of anilines is 2. The minimum atomic E-state index is -4.51. The van der Waals surface area contributed by atoms with Crippen LogP contribution in [0, 0.1) is 12.8 Å². The summed E-state index contributed by atoms with van der Waals surface area (Å²) in [6, 6.07) is 9.82. The molecule has 6 nitrogen and oxygen atoms in total. The average molecular weight is 436 g/mol. The molecule has 1 fully saturated rings. The van der Waals surface area contributed by atoms with E-state index >= 15 is 0 Å². The molecule has 31 heavy (non-hydrogen) atoms. The van der Waals surface area contributed by atoms with Crippen LogP contribution in [0.2, 0.25) is 0 Å². The van der Waals surface area contributed by atoms with E-state index in [0.717, 1.165) is 17.7 Å². The number of carbonyl (C=O) groups excluding carboxylic acids is 2. The van der Waals surface area contributed by atoms with Crippen molar-refractivity contribution in [1.82, 2.24) is 0 Å². The molecule has 0 aromatic heterocycles. The smallest absolute Gasteiger partial charge is 0.416 e. The second-order valence-corrected chi connectivity index (χ2v) is 7.28. The Kier molecular flexibility index (Phi) is 6.84. The predicted molar refractivity (Wildman–Crippen MR) is 109 cm³/mol. The van der Waals surface area contributed by atoms with Crippen LogP contribution in [0.3, 0.4) is 0 Å². The van der Waals surface area contributed by atoms with Gasteiger partial charge in [-0.2, -0.15) is 13.2 Å². The van der Waals surface area contributed by atoms with Gasteiger partial charge in [0.05, 0.1) is 23.8 Å². The van der Waals surface area contributed by atoms with Crippen molar-refractivity contribution in [3.05, 3.63) is 53.6 Å². The van der Waals surface area contributed by atoms with Crippen LogP contribution in [-0.4, -0.2) is 38.7 Å². The van der Waals surface area contributed by atoms with E-state index in [1.165, 1.54) is 17.0 Å². The highest BCUT2D eigenvalue weighted by Crippen LogP contribution is 2.34. The molecule has 1 unspecified atom stereocenters. The van der Waals surface area contributed by atoms with Crippen molar-refractivity contribution in [1.29, 1.82) is 0 Å². The van der Waals surface area contributed by atoms with E-state index in [-0.39, 0.29) is 18.7 Å². The maximum Gasteiger partial charge on any atom is 0.416 e. The summed E-state index contributed by atoms with van der Waals surface area (Å²) >= 11 is 0. The van der Waals surface area contributed by atoms with Gasteiger partial charge in [-0.1, -0.05) is 12.1 Å². The number of nitrogens with one attached hydrogen (secondary N) is 1. The average Bonchev–Trinajstić information content (AvgIpc) is 3.11. The van der Waals surface area contributed by atoms with Crippen molar-refractivity contribution in [3.63, 3.8) is 0 Å². The molecule has 0 radical (unpaired) electrons. The topological polar surface area (TPSA) is 67.9 Å². The Hall–Kier alpha value is -3.07. The number of rotatable bonds is 7. The van der Waals surface area contributed by atoms with Gasteiger partial charge in [0, 0.05) is 25.8 Å². The van der Waals surface area contributed by atoms with Crippen LogP contribution in [0.25, 0.3) is 0 Å². The van der Waals surface area contributed by atoms with Crippen molar-refractivity contribution >= 4 is 23.2 Å². The third-order valence-electron chi connectivity index (χ3n) is 4.92. The standard InChI is InChI=1S/C22H23F3N2O4/c1-14-6-7-18(19(10-14)31-9-8-30-2)26-21(29)15-11-20(28)27(13-15)17-5-3-4-16(12-17)22(23,24)25/h3-7,10,12,15H,8-9,11,13H2,1-2H3,(H,26,29). The zero-order chi connectivity index (χ0) is 22.6. The lowest BCUT2D eigenvalue weighted by Gasteiger charge is -2.19. The van der Waals surface area contributed by atoms with Gasteiger partial charge in [0.15, 0.2) is 0 Å². The number of hydrogen-bond donors (Lipinski definition) is 1. The number of alkyl halides is 3. The highest BCUT2D eigenvalue weighted by Gasteiger charge is 2.37. The lowest BCUT2D eigenvalue weighted by atomic mass is 10.1. The highest BCUT2D eigenvalue weighted by atomic mass is 19.4. The van der Waals surface area contributed by atoms with Crippen LogP contribution >= 0.6 is 0 Å². The molecule has 2 amide bonds. The molecule has 3 rings (SSSR count). The summed E-state index contributed by atoms with van der Waals surface area (Å²) in [6.45, 7) is 2.56. The van der Waals surface area contributed by atoms with Gasteiger partial charge >= 0.3 is 6.18 Å². The van der Waals surface area contributed by atoms with Gasteiger partial charge in [0.25, 0.3) is 0 Å². The van der Waals surface area contributed by atoms with E-state index in [0.29, 0.717) is 24.7 Å². The van der Waals surface area contributed by atoms with Gasteiger partial charge in [0.2, 0.25) is 11.8 Å². The molecule has 1 saturated heterocycles. The quantitative estimate of drug-likeness (QED) is 0.666. The summed E-state index contributed by atoms with van der Waals surface area (Å²) in [5.74, 6) is -1.03. The molecule has 0 bridgehead atoms. The minimum absolute atomic E-state index is 0.00228. The van der Waals surface area contributed by atoms with Crippen LogP contribution in [0.15, 0.2) is 42.5 Å². The molecule has 1 atom stereocenters. The molecule has 0 spiro atoms. The van der Waals surface area contributed by atoms with Crippen molar-refractivity contribution in [3.8, 4) is 5.75 Å². The Labute approximate surface area is 177 Å². The fourth-order valence-corrected chi connectivity index (χ4v) is 3.30. The first-order chi connectivity index (χ1) is 14.7. The number of carbonyl (C=O) groups is 2. The molecular weight excluding hydrogens is 413 g/mol. The SMILES string of the molecule is COCCOc1cc(C)ccc1NC(=O)C1CC(=O)N(c2cccc(C(F)(F)F)c2)C1. The Morgan fingerprint density at radius 2 is 1.97 bits per heavy atom. The lowest BCUT2D eigenvalue weighted by molar-refractivity contribution is -0.137. The van der Waals surface area contributed by atoms with E-state index in [9.17, 15) is 22.8 Å². The second kappa shape index (κ2) is 9.38. The monoisotopic (exact) mass is 436 g/mol. The van der Waals surface area contributed by atoms with Gasteiger partial charge in [-0.25, -0.2) is 0 Å². The van der Waals surface area contributed by atoms with Gasteiger partial charge in [0.1, 0.15) is 12.4 Å². The third-order valence-corrected chi connectivity index (χ3v) is 4.92. The molecule has 2 aromatic rings. The first kappa shape index (κ1) is 22.6. The largest absolute Gasteiger partial charge is 0.489 e. The fourth-order valence-electron chi connectivity index (χ4n) is 3.30. The number of benzene rings is 2. The number of aryl methyl sites for hydroxylation is 1. The number of nitrogens with zero attached hydrogens (tertiary/aromatic N) is 1. The van der Waals surface area contributed by atoms with Gasteiger partial charge in [-0.3, -0.25) is 9.59 Å². The number of amides is 2. The summed E-state index contributed by atoms with van der Waals surface area (Å²) in [7, 11) is 1.55. The third kappa shape index (κ3) is 5.55. The molecule has 2 aromatic carbocycles. The van der Waals surface area contributed by atoms with E-state index in [4.69, 9.17) is 9.47 Å². The molecule has 0 saturated carbocycles. The number of halogens is 3. The maximum atomic E-state index is 13.0. The van der Waals surface area contributed by atoms with Crippen LogP contribution < -0.4 is 15.0 Å². The number of hydrogen-bond acceptors (Lipinski definition) is 4.